The smallest absolute Gasteiger partial charge is 0.338 e. The molecule has 0 saturated carbocycles. The molecule has 0 radical (unpaired) electrons. The van der Waals surface area contributed by atoms with Gasteiger partial charge in [0.2, 0.25) is 5.78 Å². The second-order valence-corrected chi connectivity index (χ2v) is 7.91. The standard InChI is InChI=1S/C23H20N2O4S/c1-14-22(19-8-3-4-9-20(19)24-14)21(26)12-29-23(27)16-6-5-7-18(10-16)28-11-17-13-30-15(2)25-17/h3-10,13,24H,11-12H2,1-2H3. The number of hydrogen-bond donors (Lipinski definition) is 1. The first-order chi connectivity index (χ1) is 14.5. The van der Waals surface area contributed by atoms with Gasteiger partial charge in [0.05, 0.1) is 16.3 Å². The number of para-hydroxylation sites is 1. The molecule has 6 nitrogen and oxygen atoms in total. The number of carbonyl (C=O) groups is 2. The van der Waals surface area contributed by atoms with Gasteiger partial charge in [-0.05, 0) is 38.1 Å². The monoisotopic (exact) mass is 420 g/mol. The van der Waals surface area contributed by atoms with Crippen LogP contribution >= 0.6 is 11.3 Å². The summed E-state index contributed by atoms with van der Waals surface area (Å²) in [5.74, 6) is -0.283. The molecule has 7 heteroatoms. The van der Waals surface area contributed by atoms with Crippen molar-refractivity contribution >= 4 is 34.0 Å². The highest BCUT2D eigenvalue weighted by Gasteiger charge is 2.18. The van der Waals surface area contributed by atoms with Crippen molar-refractivity contribution < 1.29 is 19.1 Å². The zero-order chi connectivity index (χ0) is 21.1. The van der Waals surface area contributed by atoms with Gasteiger partial charge in [0, 0.05) is 27.5 Å². The summed E-state index contributed by atoms with van der Waals surface area (Å²) < 4.78 is 11.0. The number of aryl methyl sites for hydroxylation is 2. The molecule has 2 aromatic carbocycles. The fourth-order valence-corrected chi connectivity index (χ4v) is 3.86. The molecule has 4 aromatic rings. The molecule has 30 heavy (non-hydrogen) atoms. The molecule has 0 unspecified atom stereocenters. The number of esters is 1. The largest absolute Gasteiger partial charge is 0.487 e. The molecule has 0 saturated heterocycles. The highest BCUT2D eigenvalue weighted by Crippen LogP contribution is 2.23. The van der Waals surface area contributed by atoms with Gasteiger partial charge in [-0.3, -0.25) is 4.79 Å². The summed E-state index contributed by atoms with van der Waals surface area (Å²) in [6.45, 7) is 3.76. The molecule has 152 valence electrons. The molecule has 1 N–H and O–H groups in total. The lowest BCUT2D eigenvalue weighted by Crippen LogP contribution is -2.15. The summed E-state index contributed by atoms with van der Waals surface area (Å²) in [6.07, 6.45) is 0. The summed E-state index contributed by atoms with van der Waals surface area (Å²) in [7, 11) is 0. The number of carbonyl (C=O) groups excluding carboxylic acids is 2. The molecule has 0 atom stereocenters. The summed E-state index contributed by atoms with van der Waals surface area (Å²) in [4.78, 5) is 32.7. The van der Waals surface area contributed by atoms with Crippen LogP contribution in [0.3, 0.4) is 0 Å². The fraction of sp³-hybridized carbons (Fsp3) is 0.174. The Morgan fingerprint density at radius 2 is 1.93 bits per heavy atom. The highest BCUT2D eigenvalue weighted by molar-refractivity contribution is 7.09. The lowest BCUT2D eigenvalue weighted by molar-refractivity contribution is 0.0474. The van der Waals surface area contributed by atoms with Crippen LogP contribution in [0.5, 0.6) is 5.75 Å². The molecule has 0 spiro atoms. The van der Waals surface area contributed by atoms with Crippen molar-refractivity contribution in [3.63, 3.8) is 0 Å². The molecule has 0 aliphatic heterocycles. The number of benzene rings is 2. The number of rotatable bonds is 7. The van der Waals surface area contributed by atoms with Crippen LogP contribution in [0.15, 0.2) is 53.9 Å². The number of fused-ring (bicyclic) bond motifs is 1. The van der Waals surface area contributed by atoms with E-state index in [1.54, 1.807) is 35.6 Å². The van der Waals surface area contributed by atoms with E-state index in [-0.39, 0.29) is 12.4 Å². The molecule has 0 fully saturated rings. The number of aromatic nitrogens is 2. The maximum absolute atomic E-state index is 12.7. The number of ketones is 1. The first-order valence-electron chi connectivity index (χ1n) is 9.43. The number of nitrogens with zero attached hydrogens (tertiary/aromatic N) is 1. The Morgan fingerprint density at radius 1 is 1.10 bits per heavy atom. The van der Waals surface area contributed by atoms with Gasteiger partial charge in [-0.2, -0.15) is 0 Å². The van der Waals surface area contributed by atoms with Gasteiger partial charge in [-0.25, -0.2) is 9.78 Å². The normalized spacial score (nSPS) is 10.9. The third-order valence-electron chi connectivity index (χ3n) is 4.63. The van der Waals surface area contributed by atoms with Crippen LogP contribution in [0.1, 0.15) is 37.1 Å². The molecule has 2 aromatic heterocycles. The summed E-state index contributed by atoms with van der Waals surface area (Å²) in [5, 5.41) is 3.73. The molecule has 0 amide bonds. The minimum Gasteiger partial charge on any atom is -0.487 e. The second kappa shape index (κ2) is 8.51. The first-order valence-corrected chi connectivity index (χ1v) is 10.3. The zero-order valence-corrected chi connectivity index (χ0v) is 17.4. The highest BCUT2D eigenvalue weighted by atomic mass is 32.1. The van der Waals surface area contributed by atoms with E-state index >= 15 is 0 Å². The average Bonchev–Trinajstić information content (AvgIpc) is 3.32. The number of nitrogens with one attached hydrogen (secondary N) is 1. The number of H-pyrrole nitrogens is 1. The maximum atomic E-state index is 12.7. The van der Waals surface area contributed by atoms with E-state index in [0.29, 0.717) is 23.5 Å². The quantitative estimate of drug-likeness (QED) is 0.341. The van der Waals surface area contributed by atoms with Gasteiger partial charge in [0.25, 0.3) is 0 Å². The van der Waals surface area contributed by atoms with E-state index in [1.807, 2.05) is 43.5 Å². The Kier molecular flexibility index (Phi) is 5.63. The van der Waals surface area contributed by atoms with Gasteiger partial charge in [0.1, 0.15) is 12.4 Å². The van der Waals surface area contributed by atoms with Crippen LogP contribution in [-0.4, -0.2) is 28.3 Å². The first kappa shape index (κ1) is 19.8. The molecule has 0 aliphatic rings. The van der Waals surface area contributed by atoms with Crippen molar-refractivity contribution in [2.45, 2.75) is 20.5 Å². The summed E-state index contributed by atoms with van der Waals surface area (Å²) in [6, 6.07) is 14.3. The predicted molar refractivity (Wildman–Crippen MR) is 115 cm³/mol. The molecule has 0 bridgehead atoms. The molecular weight excluding hydrogens is 400 g/mol. The van der Waals surface area contributed by atoms with Gasteiger partial charge < -0.3 is 14.5 Å². The zero-order valence-electron chi connectivity index (χ0n) is 16.6. The van der Waals surface area contributed by atoms with E-state index < -0.39 is 5.97 Å². The molecule has 4 rings (SSSR count). The minimum atomic E-state index is -0.573. The van der Waals surface area contributed by atoms with E-state index in [1.165, 1.54) is 0 Å². The van der Waals surface area contributed by atoms with E-state index in [9.17, 15) is 9.59 Å². The van der Waals surface area contributed by atoms with Gasteiger partial charge >= 0.3 is 5.97 Å². The average molecular weight is 420 g/mol. The van der Waals surface area contributed by atoms with Gasteiger partial charge in [-0.15, -0.1) is 11.3 Å². The molecular formula is C23H20N2O4S. The van der Waals surface area contributed by atoms with E-state index in [0.717, 1.165) is 27.3 Å². The Labute approximate surface area is 177 Å². The van der Waals surface area contributed by atoms with Crippen molar-refractivity contribution in [2.24, 2.45) is 0 Å². The lowest BCUT2D eigenvalue weighted by Gasteiger charge is -2.08. The van der Waals surface area contributed by atoms with Crippen molar-refractivity contribution in [3.8, 4) is 5.75 Å². The van der Waals surface area contributed by atoms with Crippen LogP contribution in [-0.2, 0) is 11.3 Å². The molecule has 2 heterocycles. The van der Waals surface area contributed by atoms with Crippen LogP contribution in [0.2, 0.25) is 0 Å². The van der Waals surface area contributed by atoms with Crippen LogP contribution in [0, 0.1) is 13.8 Å². The predicted octanol–water partition coefficient (Wildman–Crippen LogP) is 4.86. The Bertz CT molecular complexity index is 1220. The number of thiazole rings is 1. The van der Waals surface area contributed by atoms with Crippen molar-refractivity contribution in [3.05, 3.63) is 81.4 Å². The van der Waals surface area contributed by atoms with E-state index in [4.69, 9.17) is 9.47 Å². The second-order valence-electron chi connectivity index (χ2n) is 6.84. The minimum absolute atomic E-state index is 0.246. The van der Waals surface area contributed by atoms with E-state index in [2.05, 4.69) is 9.97 Å². The SMILES string of the molecule is Cc1nc(COc2cccc(C(=O)OCC(=O)c3c(C)[nH]c4ccccc34)c2)cs1. The summed E-state index contributed by atoms with van der Waals surface area (Å²) >= 11 is 1.56. The third kappa shape index (κ3) is 4.26. The van der Waals surface area contributed by atoms with Gasteiger partial charge in [0.15, 0.2) is 6.61 Å². The third-order valence-corrected chi connectivity index (χ3v) is 5.45. The van der Waals surface area contributed by atoms with Crippen LogP contribution < -0.4 is 4.74 Å². The van der Waals surface area contributed by atoms with Crippen molar-refractivity contribution in [2.75, 3.05) is 6.61 Å². The van der Waals surface area contributed by atoms with Crippen LogP contribution in [0.4, 0.5) is 0 Å². The lowest BCUT2D eigenvalue weighted by atomic mass is 10.1. The Hall–Kier alpha value is -3.45. The fourth-order valence-electron chi connectivity index (χ4n) is 3.27. The summed E-state index contributed by atoms with van der Waals surface area (Å²) in [5.41, 5.74) is 3.35. The molecule has 0 aliphatic carbocycles. The van der Waals surface area contributed by atoms with Crippen molar-refractivity contribution in [1.82, 2.24) is 9.97 Å². The number of aromatic amines is 1. The van der Waals surface area contributed by atoms with Crippen molar-refractivity contribution in [1.29, 1.82) is 0 Å². The van der Waals surface area contributed by atoms with Crippen LogP contribution in [0.25, 0.3) is 10.9 Å². The number of Topliss-reactive ketones (excluding diaryl/α,β-unsaturated/α-hetero) is 1. The number of ether oxygens (including phenoxy) is 2. The number of hydrogen-bond acceptors (Lipinski definition) is 6. The Morgan fingerprint density at radius 3 is 2.73 bits per heavy atom. The topological polar surface area (TPSA) is 81.3 Å². The van der Waals surface area contributed by atoms with Gasteiger partial charge in [-0.1, -0.05) is 24.3 Å². The maximum Gasteiger partial charge on any atom is 0.338 e. The Balaban J connectivity index is 1.40.